The minimum atomic E-state index is -1.28. The highest BCUT2D eigenvalue weighted by molar-refractivity contribution is 9.15. The van der Waals surface area contributed by atoms with Gasteiger partial charge in [-0.1, -0.05) is 20.8 Å². The number of carbonyl (C=O) groups excluding carboxylic acids is 5. The lowest BCUT2D eigenvalue weighted by molar-refractivity contribution is -0.152. The Hall–Kier alpha value is -1.61. The number of thiophene rings is 1. The molecular weight excluding hydrogens is 804 g/mol. The molecule has 0 radical (unpaired) electrons. The van der Waals surface area contributed by atoms with Crippen molar-refractivity contribution in [2.24, 2.45) is 11.8 Å². The van der Waals surface area contributed by atoms with Crippen molar-refractivity contribution in [3.8, 4) is 0 Å². The Morgan fingerprint density at radius 2 is 1.60 bits per heavy atom. The van der Waals surface area contributed by atoms with Gasteiger partial charge in [-0.2, -0.15) is 0 Å². The first-order valence-electron chi connectivity index (χ1n) is 12.2. The Bertz CT molecular complexity index is 1410. The Morgan fingerprint density at radius 3 is 2.12 bits per heavy atom. The molecule has 1 aromatic heterocycles. The van der Waals surface area contributed by atoms with Gasteiger partial charge in [0.1, 0.15) is 11.0 Å². The quantitative estimate of drug-likeness (QED) is 0.146. The molecule has 0 spiro atoms. The molecule has 2 heterocycles. The van der Waals surface area contributed by atoms with Crippen LogP contribution < -0.4 is 5.32 Å². The molecule has 40 heavy (non-hydrogen) atoms. The summed E-state index contributed by atoms with van der Waals surface area (Å²) in [7, 11) is 1.28. The summed E-state index contributed by atoms with van der Waals surface area (Å²) in [6.45, 7) is 4.80. The van der Waals surface area contributed by atoms with Gasteiger partial charge in [-0.25, -0.2) is 9.59 Å². The summed E-state index contributed by atoms with van der Waals surface area (Å²) in [5, 5.41) is 3.03. The summed E-state index contributed by atoms with van der Waals surface area (Å²) >= 11 is 14.8. The number of nitrogens with zero attached hydrogens (tertiary/aromatic N) is 1. The lowest BCUT2D eigenvalue weighted by atomic mass is 9.88. The number of halogens is 4. The summed E-state index contributed by atoms with van der Waals surface area (Å²) < 4.78 is 12.0. The van der Waals surface area contributed by atoms with Gasteiger partial charge in [0.15, 0.2) is 6.61 Å². The number of imide groups is 1. The van der Waals surface area contributed by atoms with E-state index in [9.17, 15) is 24.0 Å². The first-order valence-corrected chi connectivity index (χ1v) is 16.2. The number of esters is 2. The molecule has 1 N–H and O–H groups in total. The highest BCUT2D eigenvalue weighted by Gasteiger charge is 2.48. The third kappa shape index (κ3) is 5.58. The average molecular weight is 828 g/mol. The van der Waals surface area contributed by atoms with Crippen LogP contribution in [-0.2, 0) is 31.9 Å². The average Bonchev–Trinajstić information content (AvgIpc) is 3.38. The van der Waals surface area contributed by atoms with E-state index in [4.69, 9.17) is 9.47 Å². The van der Waals surface area contributed by atoms with Crippen LogP contribution in [0, 0.1) is 11.8 Å². The van der Waals surface area contributed by atoms with E-state index in [0.29, 0.717) is 40.8 Å². The molecule has 9 nitrogen and oxygen atoms in total. The molecule has 0 fully saturated rings. The third-order valence-corrected chi connectivity index (χ3v) is 12.7. The number of nitrogens with one attached hydrogen (secondary N) is 1. The van der Waals surface area contributed by atoms with Gasteiger partial charge in [0.05, 0.1) is 23.8 Å². The van der Waals surface area contributed by atoms with E-state index in [1.54, 1.807) is 13.8 Å². The molecule has 3 amide bonds. The Labute approximate surface area is 268 Å². The maximum Gasteiger partial charge on any atom is 0.341 e. The highest BCUT2D eigenvalue weighted by atomic mass is 79.9. The minimum absolute atomic E-state index is 0.106. The van der Waals surface area contributed by atoms with Crippen LogP contribution in [-0.4, -0.2) is 54.3 Å². The van der Waals surface area contributed by atoms with Gasteiger partial charge < -0.3 is 14.8 Å². The van der Waals surface area contributed by atoms with Gasteiger partial charge in [-0.15, -0.1) is 11.3 Å². The van der Waals surface area contributed by atoms with E-state index in [1.807, 2.05) is 0 Å². The lowest BCUT2D eigenvalue weighted by Crippen LogP contribution is -2.49. The molecule has 4 rings (SSSR count). The van der Waals surface area contributed by atoms with E-state index < -0.39 is 48.2 Å². The fourth-order valence-electron chi connectivity index (χ4n) is 4.84. The van der Waals surface area contributed by atoms with Crippen molar-refractivity contribution in [1.29, 1.82) is 0 Å². The number of hydrogen-bond acceptors (Lipinski definition) is 8. The number of benzene rings is 1. The maximum absolute atomic E-state index is 13.4. The molecule has 1 aliphatic heterocycles. The second kappa shape index (κ2) is 12.3. The van der Waals surface area contributed by atoms with Crippen LogP contribution in [0.3, 0.4) is 0 Å². The zero-order chi connectivity index (χ0) is 29.6. The molecule has 1 aromatic carbocycles. The second-order valence-electron chi connectivity index (χ2n) is 9.88. The number of ether oxygens (including phenoxy) is 2. The van der Waals surface area contributed by atoms with Crippen LogP contribution in [0.25, 0.3) is 0 Å². The van der Waals surface area contributed by atoms with Crippen molar-refractivity contribution in [2.75, 3.05) is 19.0 Å². The number of amides is 3. The van der Waals surface area contributed by atoms with Gasteiger partial charge in [0, 0.05) is 22.8 Å². The topological polar surface area (TPSA) is 119 Å². The molecule has 2 aliphatic rings. The number of fused-ring (bicyclic) bond motifs is 2. The molecule has 0 saturated carbocycles. The van der Waals surface area contributed by atoms with Crippen molar-refractivity contribution < 1.29 is 33.4 Å². The largest absolute Gasteiger partial charge is 0.465 e. The molecule has 2 atom stereocenters. The summed E-state index contributed by atoms with van der Waals surface area (Å²) in [6, 6.07) is -1.28. The fraction of sp³-hybridized carbons (Fsp3) is 0.423. The summed E-state index contributed by atoms with van der Waals surface area (Å²) in [5.74, 6) is -3.49. The highest BCUT2D eigenvalue weighted by Crippen LogP contribution is 2.46. The third-order valence-electron chi connectivity index (χ3n) is 6.78. The van der Waals surface area contributed by atoms with Crippen molar-refractivity contribution >= 4 is 110 Å². The van der Waals surface area contributed by atoms with Crippen LogP contribution in [0.1, 0.15) is 68.7 Å². The predicted molar refractivity (Wildman–Crippen MR) is 163 cm³/mol. The lowest BCUT2D eigenvalue weighted by Gasteiger charge is -2.27. The number of anilines is 1. The zero-order valence-corrected chi connectivity index (χ0v) is 28.9. The normalized spacial score (nSPS) is 17.0. The van der Waals surface area contributed by atoms with Gasteiger partial charge in [-0.05, 0) is 100 Å². The molecule has 2 aromatic rings. The van der Waals surface area contributed by atoms with Crippen LogP contribution in [0.15, 0.2) is 17.9 Å². The van der Waals surface area contributed by atoms with E-state index in [1.165, 1.54) is 18.4 Å². The predicted octanol–water partition coefficient (Wildman–Crippen LogP) is 6.51. The van der Waals surface area contributed by atoms with Crippen LogP contribution >= 0.6 is 75.1 Å². The van der Waals surface area contributed by atoms with Gasteiger partial charge in [0.25, 0.3) is 17.7 Å². The summed E-state index contributed by atoms with van der Waals surface area (Å²) in [6.07, 6.45) is 2.43. The van der Waals surface area contributed by atoms with Gasteiger partial charge in [0.2, 0.25) is 0 Å². The maximum atomic E-state index is 13.4. The van der Waals surface area contributed by atoms with Crippen molar-refractivity contribution in [3.63, 3.8) is 0 Å². The van der Waals surface area contributed by atoms with Gasteiger partial charge in [-0.3, -0.25) is 19.3 Å². The molecule has 214 valence electrons. The molecule has 1 aliphatic carbocycles. The van der Waals surface area contributed by atoms with E-state index >= 15 is 0 Å². The van der Waals surface area contributed by atoms with E-state index in [2.05, 4.69) is 76.0 Å². The number of methoxy groups -OCH3 is 1. The monoisotopic (exact) mass is 824 g/mol. The second-order valence-corrected chi connectivity index (χ2v) is 14.2. The van der Waals surface area contributed by atoms with E-state index in [0.717, 1.165) is 28.2 Å². The molecular formula is C26H24Br4N2O7S. The van der Waals surface area contributed by atoms with Crippen LogP contribution in [0.2, 0.25) is 0 Å². The summed E-state index contributed by atoms with van der Waals surface area (Å²) in [5.41, 5.74) is 1.42. The summed E-state index contributed by atoms with van der Waals surface area (Å²) in [4.78, 5) is 67.3. The first-order chi connectivity index (χ1) is 18.8. The zero-order valence-electron chi connectivity index (χ0n) is 21.8. The molecule has 14 heteroatoms. The van der Waals surface area contributed by atoms with Crippen molar-refractivity contribution in [3.05, 3.63) is 45.0 Å². The molecule has 0 saturated heterocycles. The Balaban J connectivity index is 1.52. The van der Waals surface area contributed by atoms with Crippen LogP contribution in [0.4, 0.5) is 5.00 Å². The number of hydrogen-bond donors (Lipinski definition) is 1. The van der Waals surface area contributed by atoms with E-state index in [-0.39, 0.29) is 11.1 Å². The SMILES string of the molecule is COC(=O)c1c(NC(=O)COC(=O)C(C(C)C)N2C(=O)c3c(Br)c(Br)c(Br)c(Br)c3C2=O)sc2c1CCC(C)C2. The fourth-order valence-corrected chi connectivity index (χ4v) is 8.71. The van der Waals surface area contributed by atoms with Crippen molar-refractivity contribution in [1.82, 2.24) is 4.90 Å². The molecule has 2 unspecified atom stereocenters. The Morgan fingerprint density at radius 1 is 1.02 bits per heavy atom. The number of carbonyl (C=O) groups is 5. The van der Waals surface area contributed by atoms with Crippen LogP contribution in [0.5, 0.6) is 0 Å². The minimum Gasteiger partial charge on any atom is -0.465 e. The number of rotatable bonds is 7. The standard InChI is InChI=1S/C26H24Br4N2O7S/c1-9(2)21(32-23(34)15-16(24(32)35)18(28)20(30)19(29)17(15)27)26(37)39-8-13(33)31-22-14(25(36)38-4)11-6-5-10(3)7-12(11)40-22/h9-10,21H,5-8H2,1-4H3,(H,31,33). The smallest absolute Gasteiger partial charge is 0.341 e. The first kappa shape index (κ1) is 31.3. The van der Waals surface area contributed by atoms with Gasteiger partial charge >= 0.3 is 11.9 Å². The molecule has 0 bridgehead atoms. The van der Waals surface area contributed by atoms with Crippen molar-refractivity contribution in [2.45, 2.75) is 46.1 Å². The Kier molecular flexibility index (Phi) is 9.65.